The third-order valence-electron chi connectivity index (χ3n) is 1.81. The molecule has 0 bridgehead atoms. The summed E-state index contributed by atoms with van der Waals surface area (Å²) in [5, 5.41) is 14.5. The van der Waals surface area contributed by atoms with E-state index in [2.05, 4.69) is 20.8 Å². The summed E-state index contributed by atoms with van der Waals surface area (Å²) in [6.45, 7) is 2.80. The van der Waals surface area contributed by atoms with E-state index in [1.807, 2.05) is 37.3 Å². The first kappa shape index (κ1) is 11.5. The van der Waals surface area contributed by atoms with E-state index >= 15 is 0 Å². The summed E-state index contributed by atoms with van der Waals surface area (Å²) in [6, 6.07) is 9.77. The minimum atomic E-state index is 0. The van der Waals surface area contributed by atoms with Gasteiger partial charge in [0.1, 0.15) is 0 Å². The van der Waals surface area contributed by atoms with E-state index in [9.17, 15) is 0 Å². The van der Waals surface area contributed by atoms with E-state index in [-0.39, 0.29) is 12.4 Å². The second-order valence-corrected chi connectivity index (χ2v) is 2.78. The average Bonchev–Trinajstić information content (AvgIpc) is 2.68. The number of para-hydroxylation sites is 1. The molecule has 1 heterocycles. The molecule has 5 nitrogen and oxygen atoms in total. The Labute approximate surface area is 93.9 Å². The smallest absolute Gasteiger partial charge is 0.247 e. The van der Waals surface area contributed by atoms with Crippen LogP contribution in [0.4, 0.5) is 5.95 Å². The molecule has 2 rings (SSSR count). The van der Waals surface area contributed by atoms with Gasteiger partial charge in [-0.15, -0.1) is 12.4 Å². The average molecular weight is 226 g/mol. The highest BCUT2D eigenvalue weighted by Gasteiger charge is 2.04. The molecule has 1 aromatic heterocycles. The summed E-state index contributed by atoms with van der Waals surface area (Å²) in [5.41, 5.74) is 0.952. The molecule has 6 heteroatoms. The van der Waals surface area contributed by atoms with Gasteiger partial charge in [-0.1, -0.05) is 23.3 Å². The molecule has 1 aromatic carbocycles. The fraction of sp³-hybridized carbons (Fsp3) is 0.222. The summed E-state index contributed by atoms with van der Waals surface area (Å²) < 4.78 is 1.67. The molecule has 0 fully saturated rings. The third kappa shape index (κ3) is 2.44. The largest absolute Gasteiger partial charge is 0.353 e. The lowest BCUT2D eigenvalue weighted by Crippen LogP contribution is -2.06. The molecular formula is C9H12ClN5. The van der Waals surface area contributed by atoms with Crippen LogP contribution in [0.25, 0.3) is 5.69 Å². The normalized spacial score (nSPS) is 9.40. The van der Waals surface area contributed by atoms with Crippen LogP contribution in [0.5, 0.6) is 0 Å². The molecule has 15 heavy (non-hydrogen) atoms. The van der Waals surface area contributed by atoms with Crippen LogP contribution in [0.2, 0.25) is 0 Å². The van der Waals surface area contributed by atoms with Crippen LogP contribution in [0.3, 0.4) is 0 Å². The van der Waals surface area contributed by atoms with Gasteiger partial charge in [-0.3, -0.25) is 0 Å². The molecule has 0 amide bonds. The number of tetrazole rings is 1. The van der Waals surface area contributed by atoms with Gasteiger partial charge in [-0.05, 0) is 29.5 Å². The number of anilines is 1. The van der Waals surface area contributed by atoms with Crippen LogP contribution in [-0.2, 0) is 0 Å². The van der Waals surface area contributed by atoms with E-state index in [0.29, 0.717) is 5.95 Å². The predicted octanol–water partition coefficient (Wildman–Crippen LogP) is 1.52. The maximum atomic E-state index is 3.90. The van der Waals surface area contributed by atoms with Gasteiger partial charge >= 0.3 is 0 Å². The Bertz CT molecular complexity index is 400. The minimum Gasteiger partial charge on any atom is -0.353 e. The van der Waals surface area contributed by atoms with Crippen molar-refractivity contribution in [3.8, 4) is 5.69 Å². The minimum absolute atomic E-state index is 0. The number of halogens is 1. The maximum Gasteiger partial charge on any atom is 0.247 e. The first-order valence-corrected chi connectivity index (χ1v) is 4.49. The van der Waals surface area contributed by atoms with Crippen molar-refractivity contribution in [3.05, 3.63) is 30.3 Å². The molecule has 0 unspecified atom stereocenters. The Hall–Kier alpha value is -1.62. The summed E-state index contributed by atoms with van der Waals surface area (Å²) in [6.07, 6.45) is 0. The summed E-state index contributed by atoms with van der Waals surface area (Å²) in [5.74, 6) is 0.665. The van der Waals surface area contributed by atoms with Gasteiger partial charge in [0.25, 0.3) is 0 Å². The molecule has 0 aliphatic carbocycles. The zero-order valence-electron chi connectivity index (χ0n) is 8.29. The number of nitrogens with one attached hydrogen (secondary N) is 1. The van der Waals surface area contributed by atoms with Gasteiger partial charge in [-0.2, -0.15) is 4.68 Å². The Morgan fingerprint density at radius 3 is 2.67 bits per heavy atom. The lowest BCUT2D eigenvalue weighted by Gasteiger charge is -2.03. The fourth-order valence-corrected chi connectivity index (χ4v) is 1.20. The van der Waals surface area contributed by atoms with Crippen molar-refractivity contribution < 1.29 is 0 Å². The van der Waals surface area contributed by atoms with Crippen molar-refractivity contribution in [1.82, 2.24) is 20.2 Å². The Balaban J connectivity index is 0.00000112. The highest BCUT2D eigenvalue weighted by Crippen LogP contribution is 2.09. The molecular weight excluding hydrogens is 214 g/mol. The zero-order valence-corrected chi connectivity index (χ0v) is 9.11. The van der Waals surface area contributed by atoms with Crippen molar-refractivity contribution >= 4 is 18.4 Å². The van der Waals surface area contributed by atoms with E-state index in [1.165, 1.54) is 0 Å². The van der Waals surface area contributed by atoms with Gasteiger partial charge in [0.05, 0.1) is 5.69 Å². The predicted molar refractivity (Wildman–Crippen MR) is 60.6 cm³/mol. The van der Waals surface area contributed by atoms with Gasteiger partial charge in [-0.25, -0.2) is 0 Å². The molecule has 0 saturated carbocycles. The Kier molecular flexibility index (Phi) is 4.05. The first-order chi connectivity index (χ1) is 6.92. The maximum absolute atomic E-state index is 3.90. The monoisotopic (exact) mass is 225 g/mol. The van der Waals surface area contributed by atoms with Crippen molar-refractivity contribution in [1.29, 1.82) is 0 Å². The van der Waals surface area contributed by atoms with E-state index in [0.717, 1.165) is 12.2 Å². The van der Waals surface area contributed by atoms with Gasteiger partial charge in [0.15, 0.2) is 0 Å². The van der Waals surface area contributed by atoms with Crippen LogP contribution in [0.1, 0.15) is 6.92 Å². The Morgan fingerprint density at radius 2 is 2.00 bits per heavy atom. The summed E-state index contributed by atoms with van der Waals surface area (Å²) >= 11 is 0. The van der Waals surface area contributed by atoms with E-state index in [4.69, 9.17) is 0 Å². The van der Waals surface area contributed by atoms with Gasteiger partial charge < -0.3 is 5.32 Å². The van der Waals surface area contributed by atoms with E-state index < -0.39 is 0 Å². The van der Waals surface area contributed by atoms with Crippen LogP contribution in [-0.4, -0.2) is 26.8 Å². The number of hydrogen-bond donors (Lipinski definition) is 1. The first-order valence-electron chi connectivity index (χ1n) is 4.49. The molecule has 0 spiro atoms. The molecule has 0 radical (unpaired) electrons. The van der Waals surface area contributed by atoms with E-state index in [1.54, 1.807) is 4.68 Å². The lowest BCUT2D eigenvalue weighted by molar-refractivity contribution is 0.790. The SMILES string of the molecule is CCNc1nnnn1-c1ccccc1.Cl. The number of hydrogen-bond acceptors (Lipinski definition) is 4. The molecule has 0 atom stereocenters. The van der Waals surface area contributed by atoms with Gasteiger partial charge in [0, 0.05) is 6.54 Å². The van der Waals surface area contributed by atoms with Crippen molar-refractivity contribution in [2.45, 2.75) is 6.92 Å². The zero-order chi connectivity index (χ0) is 9.80. The molecule has 80 valence electrons. The van der Waals surface area contributed by atoms with Crippen LogP contribution < -0.4 is 5.32 Å². The second-order valence-electron chi connectivity index (χ2n) is 2.78. The summed E-state index contributed by atoms with van der Waals surface area (Å²) in [7, 11) is 0. The quantitative estimate of drug-likeness (QED) is 0.861. The van der Waals surface area contributed by atoms with Crippen molar-refractivity contribution in [2.75, 3.05) is 11.9 Å². The molecule has 0 aliphatic rings. The van der Waals surface area contributed by atoms with Crippen LogP contribution in [0.15, 0.2) is 30.3 Å². The molecule has 1 N–H and O–H groups in total. The highest BCUT2D eigenvalue weighted by molar-refractivity contribution is 5.85. The number of aromatic nitrogens is 4. The molecule has 0 aliphatic heterocycles. The Morgan fingerprint density at radius 1 is 1.27 bits per heavy atom. The summed E-state index contributed by atoms with van der Waals surface area (Å²) in [4.78, 5) is 0. The third-order valence-corrected chi connectivity index (χ3v) is 1.81. The highest BCUT2D eigenvalue weighted by atomic mass is 35.5. The lowest BCUT2D eigenvalue weighted by atomic mass is 10.3. The number of nitrogens with zero attached hydrogens (tertiary/aromatic N) is 4. The van der Waals surface area contributed by atoms with Crippen LogP contribution >= 0.6 is 12.4 Å². The fourth-order valence-electron chi connectivity index (χ4n) is 1.20. The number of rotatable bonds is 3. The number of benzene rings is 1. The van der Waals surface area contributed by atoms with Crippen molar-refractivity contribution in [3.63, 3.8) is 0 Å². The van der Waals surface area contributed by atoms with Crippen molar-refractivity contribution in [2.24, 2.45) is 0 Å². The molecule has 2 aromatic rings. The second kappa shape index (κ2) is 5.31. The van der Waals surface area contributed by atoms with Gasteiger partial charge in [0.2, 0.25) is 5.95 Å². The van der Waals surface area contributed by atoms with Crippen LogP contribution in [0, 0.1) is 0 Å². The molecule has 0 saturated heterocycles. The topological polar surface area (TPSA) is 55.6 Å². The standard InChI is InChI=1S/C9H11N5.ClH/c1-2-10-9-11-12-13-14(9)8-6-4-3-5-7-8;/h3-7H,2H2,1H3,(H,10,11,13);1H.